The minimum absolute atomic E-state index is 0.0472. The van der Waals surface area contributed by atoms with Crippen molar-refractivity contribution in [2.75, 3.05) is 29.9 Å². The van der Waals surface area contributed by atoms with E-state index in [1.54, 1.807) is 0 Å². The third kappa shape index (κ3) is 5.05. The van der Waals surface area contributed by atoms with E-state index in [4.69, 9.17) is 0 Å². The molecule has 2 rings (SSSR count). The number of rotatable bonds is 5. The number of carbonyl (C=O) groups is 1. The van der Waals surface area contributed by atoms with Gasteiger partial charge in [-0.15, -0.1) is 0 Å². The van der Waals surface area contributed by atoms with Crippen LogP contribution in [0, 0.1) is 0 Å². The van der Waals surface area contributed by atoms with Crippen molar-refractivity contribution in [3.05, 3.63) is 29.8 Å². The smallest absolute Gasteiger partial charge is 0.238 e. The van der Waals surface area contributed by atoms with Crippen molar-refractivity contribution in [3.63, 3.8) is 0 Å². The summed E-state index contributed by atoms with van der Waals surface area (Å²) in [5.74, 6) is 0.281. The van der Waals surface area contributed by atoms with Crippen LogP contribution in [0.15, 0.2) is 24.3 Å². The number of likely N-dealkylation sites (N-methyl/N-ethyl adjacent to an activating group) is 1. The van der Waals surface area contributed by atoms with E-state index in [9.17, 15) is 13.2 Å². The van der Waals surface area contributed by atoms with Gasteiger partial charge in [0.2, 0.25) is 5.91 Å². The predicted octanol–water partition coefficient (Wildman–Crippen LogP) is 2.43. The van der Waals surface area contributed by atoms with Crippen LogP contribution in [0.4, 0.5) is 5.69 Å². The summed E-state index contributed by atoms with van der Waals surface area (Å²) in [7, 11) is -2.94. The van der Waals surface area contributed by atoms with Crippen LogP contribution >= 0.6 is 0 Å². The van der Waals surface area contributed by atoms with Crippen LogP contribution in [0.3, 0.4) is 0 Å². The lowest BCUT2D eigenvalue weighted by molar-refractivity contribution is -0.117. The molecule has 1 N–H and O–H groups in total. The second kappa shape index (κ2) is 7.23. The molecule has 1 aromatic carbocycles. The number of benzene rings is 1. The summed E-state index contributed by atoms with van der Waals surface area (Å²) in [6.07, 6.45) is 0.615. The molecule has 1 unspecified atom stereocenters. The molecule has 1 saturated heterocycles. The molecule has 1 amide bonds. The third-order valence-electron chi connectivity index (χ3n) is 4.51. The normalized spacial score (nSPS) is 20.3. The second-order valence-electron chi connectivity index (χ2n) is 7.50. The molecule has 1 aromatic rings. The first-order chi connectivity index (χ1) is 11.1. The van der Waals surface area contributed by atoms with Gasteiger partial charge in [-0.05, 0) is 36.1 Å². The molecule has 24 heavy (non-hydrogen) atoms. The van der Waals surface area contributed by atoms with E-state index in [0.717, 1.165) is 5.69 Å². The van der Waals surface area contributed by atoms with Crippen LogP contribution in [0.25, 0.3) is 0 Å². The van der Waals surface area contributed by atoms with E-state index in [0.29, 0.717) is 13.0 Å². The molecule has 0 aliphatic carbocycles. The summed E-state index contributed by atoms with van der Waals surface area (Å²) in [5, 5.41) is 2.90. The van der Waals surface area contributed by atoms with Crippen molar-refractivity contribution in [1.29, 1.82) is 0 Å². The monoisotopic (exact) mass is 352 g/mol. The zero-order valence-electron chi connectivity index (χ0n) is 15.0. The molecule has 0 saturated carbocycles. The predicted molar refractivity (Wildman–Crippen MR) is 98.1 cm³/mol. The van der Waals surface area contributed by atoms with Crippen LogP contribution in [-0.4, -0.2) is 49.9 Å². The van der Waals surface area contributed by atoms with E-state index < -0.39 is 9.84 Å². The van der Waals surface area contributed by atoms with E-state index >= 15 is 0 Å². The topological polar surface area (TPSA) is 66.5 Å². The van der Waals surface area contributed by atoms with Gasteiger partial charge in [0, 0.05) is 11.7 Å². The van der Waals surface area contributed by atoms with Gasteiger partial charge in [0.25, 0.3) is 0 Å². The second-order valence-corrected chi connectivity index (χ2v) is 9.72. The van der Waals surface area contributed by atoms with Crippen LogP contribution < -0.4 is 5.32 Å². The lowest BCUT2D eigenvalue weighted by Gasteiger charge is -2.25. The SMILES string of the molecule is CCN(CC(=O)Nc1ccc(C(C)(C)C)cc1)C1CCS(=O)(=O)C1. The van der Waals surface area contributed by atoms with Gasteiger partial charge in [-0.1, -0.05) is 39.8 Å². The summed E-state index contributed by atoms with van der Waals surface area (Å²) in [5.41, 5.74) is 2.06. The number of nitrogens with zero attached hydrogens (tertiary/aromatic N) is 1. The van der Waals surface area contributed by atoms with Crippen LogP contribution in [0.1, 0.15) is 39.7 Å². The zero-order chi connectivity index (χ0) is 18.0. The number of anilines is 1. The number of sulfone groups is 1. The first-order valence-corrected chi connectivity index (χ1v) is 10.3. The summed E-state index contributed by atoms with van der Waals surface area (Å²) < 4.78 is 23.2. The Labute approximate surface area is 145 Å². The fourth-order valence-corrected chi connectivity index (χ4v) is 4.76. The van der Waals surface area contributed by atoms with Gasteiger partial charge in [-0.2, -0.15) is 0 Å². The molecule has 5 nitrogen and oxygen atoms in total. The van der Waals surface area contributed by atoms with Crippen molar-refractivity contribution < 1.29 is 13.2 Å². The molecule has 1 aliphatic heterocycles. The molecule has 1 aliphatic rings. The molecule has 0 radical (unpaired) electrons. The largest absolute Gasteiger partial charge is 0.325 e. The Hall–Kier alpha value is -1.40. The fraction of sp³-hybridized carbons (Fsp3) is 0.611. The average Bonchev–Trinajstić information content (AvgIpc) is 2.84. The highest BCUT2D eigenvalue weighted by molar-refractivity contribution is 7.91. The molecule has 1 fully saturated rings. The maximum absolute atomic E-state index is 12.3. The molecule has 0 aromatic heterocycles. The van der Waals surface area contributed by atoms with Crippen molar-refractivity contribution >= 4 is 21.4 Å². The molecule has 1 atom stereocenters. The Bertz CT molecular complexity index is 675. The first kappa shape index (κ1) is 18.9. The standard InChI is InChI=1S/C18H28N2O3S/c1-5-20(16-10-11-24(22,23)13-16)12-17(21)19-15-8-6-14(7-9-15)18(2,3)4/h6-9,16H,5,10-13H2,1-4H3,(H,19,21). The van der Waals surface area contributed by atoms with Gasteiger partial charge >= 0.3 is 0 Å². The van der Waals surface area contributed by atoms with Gasteiger partial charge in [-0.3, -0.25) is 9.69 Å². The molecule has 0 spiro atoms. The van der Waals surface area contributed by atoms with E-state index in [2.05, 4.69) is 26.1 Å². The molecular weight excluding hydrogens is 324 g/mol. The van der Waals surface area contributed by atoms with Crippen molar-refractivity contribution in [2.45, 2.75) is 45.6 Å². The van der Waals surface area contributed by atoms with E-state index in [1.807, 2.05) is 36.1 Å². The van der Waals surface area contributed by atoms with Gasteiger partial charge in [0.1, 0.15) is 0 Å². The highest BCUT2D eigenvalue weighted by atomic mass is 32.2. The van der Waals surface area contributed by atoms with Gasteiger partial charge in [0.05, 0.1) is 18.1 Å². The van der Waals surface area contributed by atoms with Crippen LogP contribution in [0.2, 0.25) is 0 Å². The Kier molecular flexibility index (Phi) is 5.71. The number of nitrogens with one attached hydrogen (secondary N) is 1. The molecule has 0 bridgehead atoms. The Balaban J connectivity index is 1.94. The highest BCUT2D eigenvalue weighted by Gasteiger charge is 2.32. The Morgan fingerprint density at radius 1 is 1.25 bits per heavy atom. The highest BCUT2D eigenvalue weighted by Crippen LogP contribution is 2.23. The number of hydrogen-bond donors (Lipinski definition) is 1. The molecule has 134 valence electrons. The van der Waals surface area contributed by atoms with Crippen molar-refractivity contribution in [1.82, 2.24) is 4.90 Å². The van der Waals surface area contributed by atoms with Crippen molar-refractivity contribution in [2.24, 2.45) is 0 Å². The van der Waals surface area contributed by atoms with Gasteiger partial charge in [0.15, 0.2) is 9.84 Å². The lowest BCUT2D eigenvalue weighted by atomic mass is 9.87. The van der Waals surface area contributed by atoms with Crippen LogP contribution in [0.5, 0.6) is 0 Å². The van der Waals surface area contributed by atoms with E-state index in [1.165, 1.54) is 5.56 Å². The molecular formula is C18H28N2O3S. The van der Waals surface area contributed by atoms with Gasteiger partial charge in [-0.25, -0.2) is 8.42 Å². The maximum atomic E-state index is 12.3. The summed E-state index contributed by atoms with van der Waals surface area (Å²) in [6.45, 7) is 9.28. The minimum Gasteiger partial charge on any atom is -0.325 e. The Morgan fingerprint density at radius 2 is 1.88 bits per heavy atom. The summed E-state index contributed by atoms with van der Waals surface area (Å²) in [4.78, 5) is 14.2. The third-order valence-corrected chi connectivity index (χ3v) is 6.26. The van der Waals surface area contributed by atoms with Gasteiger partial charge < -0.3 is 5.32 Å². The summed E-state index contributed by atoms with van der Waals surface area (Å²) in [6, 6.07) is 7.82. The number of hydrogen-bond acceptors (Lipinski definition) is 4. The lowest BCUT2D eigenvalue weighted by Crippen LogP contribution is -2.41. The fourth-order valence-electron chi connectivity index (χ4n) is 3.00. The maximum Gasteiger partial charge on any atom is 0.238 e. The quantitative estimate of drug-likeness (QED) is 0.884. The van der Waals surface area contributed by atoms with Crippen LogP contribution in [-0.2, 0) is 20.0 Å². The first-order valence-electron chi connectivity index (χ1n) is 8.45. The number of amides is 1. The minimum atomic E-state index is -2.94. The Morgan fingerprint density at radius 3 is 2.33 bits per heavy atom. The zero-order valence-corrected chi connectivity index (χ0v) is 15.8. The molecule has 6 heteroatoms. The van der Waals surface area contributed by atoms with E-state index in [-0.39, 0.29) is 35.4 Å². The molecule has 1 heterocycles. The summed E-state index contributed by atoms with van der Waals surface area (Å²) >= 11 is 0. The number of carbonyl (C=O) groups excluding carboxylic acids is 1. The van der Waals surface area contributed by atoms with Crippen molar-refractivity contribution in [3.8, 4) is 0 Å². The average molecular weight is 353 g/mol.